The Morgan fingerprint density at radius 2 is 1.96 bits per heavy atom. The van der Waals surface area contributed by atoms with Gasteiger partial charge < -0.3 is 4.57 Å². The molecule has 1 aromatic carbocycles. The van der Waals surface area contributed by atoms with Crippen molar-refractivity contribution in [3.63, 3.8) is 0 Å². The normalized spacial score (nSPS) is 17.3. The van der Waals surface area contributed by atoms with Crippen LogP contribution in [-0.4, -0.2) is 20.7 Å². The molecule has 5 heteroatoms. The summed E-state index contributed by atoms with van der Waals surface area (Å²) >= 11 is 6.22. The number of rotatable bonds is 2. The Morgan fingerprint density at radius 3 is 2.84 bits per heavy atom. The molecule has 0 saturated heterocycles. The zero-order valence-corrected chi connectivity index (χ0v) is 14.7. The van der Waals surface area contributed by atoms with Crippen molar-refractivity contribution in [1.82, 2.24) is 14.5 Å². The number of hydrogen-bond donors (Lipinski definition) is 0. The SMILES string of the molecule is Clc1cc(-c2ccc3c(c2)ncn3C2CCCCC2)c2c(n1)CC=N2. The zero-order valence-electron chi connectivity index (χ0n) is 14.0. The van der Waals surface area contributed by atoms with Gasteiger partial charge in [0.05, 0.1) is 28.7 Å². The van der Waals surface area contributed by atoms with Gasteiger partial charge in [-0.15, -0.1) is 0 Å². The molecule has 3 aromatic rings. The Balaban J connectivity index is 1.59. The molecular formula is C20H19ClN4. The molecule has 1 fully saturated rings. The molecule has 4 nitrogen and oxygen atoms in total. The van der Waals surface area contributed by atoms with Crippen LogP contribution in [0.2, 0.25) is 5.15 Å². The topological polar surface area (TPSA) is 43.1 Å². The van der Waals surface area contributed by atoms with Gasteiger partial charge in [-0.05, 0) is 36.6 Å². The monoisotopic (exact) mass is 350 g/mol. The molecule has 1 aliphatic carbocycles. The lowest BCUT2D eigenvalue weighted by Gasteiger charge is -2.23. The van der Waals surface area contributed by atoms with Crippen LogP contribution in [0, 0.1) is 0 Å². The number of pyridine rings is 1. The third kappa shape index (κ3) is 2.56. The van der Waals surface area contributed by atoms with E-state index in [4.69, 9.17) is 11.6 Å². The first-order valence-electron chi connectivity index (χ1n) is 8.98. The number of aliphatic imine (C=N–C) groups is 1. The lowest BCUT2D eigenvalue weighted by Crippen LogP contribution is -2.11. The highest BCUT2D eigenvalue weighted by Crippen LogP contribution is 2.38. The zero-order chi connectivity index (χ0) is 16.8. The number of nitrogens with zero attached hydrogens (tertiary/aromatic N) is 4. The minimum atomic E-state index is 0.520. The maximum atomic E-state index is 6.22. The molecule has 0 radical (unpaired) electrons. The van der Waals surface area contributed by atoms with Gasteiger partial charge in [-0.1, -0.05) is 36.9 Å². The molecule has 0 N–H and O–H groups in total. The van der Waals surface area contributed by atoms with Crippen LogP contribution < -0.4 is 0 Å². The number of hydrogen-bond acceptors (Lipinski definition) is 3. The highest BCUT2D eigenvalue weighted by molar-refractivity contribution is 6.30. The van der Waals surface area contributed by atoms with Crippen molar-refractivity contribution in [2.45, 2.75) is 44.6 Å². The van der Waals surface area contributed by atoms with Crippen molar-refractivity contribution >= 4 is 34.5 Å². The maximum absolute atomic E-state index is 6.22. The maximum Gasteiger partial charge on any atom is 0.130 e. The van der Waals surface area contributed by atoms with E-state index in [9.17, 15) is 0 Å². The number of aromatic nitrogens is 3. The molecular weight excluding hydrogens is 332 g/mol. The van der Waals surface area contributed by atoms with Crippen molar-refractivity contribution < 1.29 is 0 Å². The Hall–Kier alpha value is -2.20. The van der Waals surface area contributed by atoms with E-state index in [0.29, 0.717) is 11.2 Å². The summed E-state index contributed by atoms with van der Waals surface area (Å²) in [5.74, 6) is 0. The standard InChI is InChI=1S/C20H19ClN4/c21-19-11-15(20-16(24-19)8-9-22-20)13-6-7-18-17(10-13)23-12-25(18)14-4-2-1-3-5-14/h6-7,9-12,14H,1-5,8H2. The molecule has 2 aromatic heterocycles. The molecule has 0 atom stereocenters. The van der Waals surface area contributed by atoms with Gasteiger partial charge in [0.15, 0.2) is 0 Å². The highest BCUT2D eigenvalue weighted by atomic mass is 35.5. The average molecular weight is 351 g/mol. The van der Waals surface area contributed by atoms with Crippen molar-refractivity contribution in [2.24, 2.45) is 4.99 Å². The largest absolute Gasteiger partial charge is 0.327 e. The average Bonchev–Trinajstić information content (AvgIpc) is 3.27. The second-order valence-corrected chi connectivity index (χ2v) is 7.34. The predicted molar refractivity (Wildman–Crippen MR) is 102 cm³/mol. The van der Waals surface area contributed by atoms with Crippen molar-refractivity contribution in [2.75, 3.05) is 0 Å². The fourth-order valence-electron chi connectivity index (χ4n) is 4.14. The fourth-order valence-corrected chi connectivity index (χ4v) is 4.35. The van der Waals surface area contributed by atoms with E-state index in [-0.39, 0.29) is 0 Å². The molecule has 126 valence electrons. The quantitative estimate of drug-likeness (QED) is 0.571. The van der Waals surface area contributed by atoms with Gasteiger partial charge in [-0.3, -0.25) is 4.99 Å². The second-order valence-electron chi connectivity index (χ2n) is 6.95. The summed E-state index contributed by atoms with van der Waals surface area (Å²) < 4.78 is 2.36. The number of benzene rings is 1. The predicted octanol–water partition coefficient (Wildman–Crippen LogP) is 5.52. The minimum absolute atomic E-state index is 0.520. The van der Waals surface area contributed by atoms with Crippen LogP contribution in [0.4, 0.5) is 5.69 Å². The summed E-state index contributed by atoms with van der Waals surface area (Å²) in [6.45, 7) is 0. The molecule has 0 bridgehead atoms. The molecule has 1 saturated carbocycles. The first-order valence-corrected chi connectivity index (χ1v) is 9.36. The third-order valence-electron chi connectivity index (χ3n) is 5.39. The van der Waals surface area contributed by atoms with Gasteiger partial charge in [-0.25, -0.2) is 9.97 Å². The summed E-state index contributed by atoms with van der Waals surface area (Å²) in [4.78, 5) is 13.6. The fraction of sp³-hybridized carbons (Fsp3) is 0.350. The summed E-state index contributed by atoms with van der Waals surface area (Å²) in [6, 6.07) is 8.99. The molecule has 25 heavy (non-hydrogen) atoms. The van der Waals surface area contributed by atoms with E-state index in [1.807, 2.05) is 18.6 Å². The molecule has 0 spiro atoms. The third-order valence-corrected chi connectivity index (χ3v) is 5.59. The van der Waals surface area contributed by atoms with Crippen LogP contribution in [0.25, 0.3) is 22.2 Å². The minimum Gasteiger partial charge on any atom is -0.327 e. The van der Waals surface area contributed by atoms with Crippen LogP contribution in [0.3, 0.4) is 0 Å². The van der Waals surface area contributed by atoms with E-state index >= 15 is 0 Å². The van der Waals surface area contributed by atoms with Gasteiger partial charge in [0.1, 0.15) is 5.15 Å². The van der Waals surface area contributed by atoms with E-state index in [1.165, 1.54) is 37.6 Å². The molecule has 1 aliphatic heterocycles. The van der Waals surface area contributed by atoms with E-state index in [1.54, 1.807) is 0 Å². The Kier molecular flexibility index (Phi) is 3.59. The molecule has 2 aliphatic rings. The first-order chi connectivity index (χ1) is 12.3. The van der Waals surface area contributed by atoms with E-state index < -0.39 is 0 Å². The summed E-state index contributed by atoms with van der Waals surface area (Å²) in [7, 11) is 0. The van der Waals surface area contributed by atoms with Crippen LogP contribution in [0.5, 0.6) is 0 Å². The van der Waals surface area contributed by atoms with Crippen molar-refractivity contribution in [3.8, 4) is 11.1 Å². The van der Waals surface area contributed by atoms with Gasteiger partial charge >= 0.3 is 0 Å². The number of imidazole rings is 1. The van der Waals surface area contributed by atoms with Crippen LogP contribution in [0.1, 0.15) is 43.8 Å². The Bertz CT molecular complexity index is 983. The van der Waals surface area contributed by atoms with Crippen molar-refractivity contribution in [3.05, 3.63) is 41.4 Å². The molecule has 3 heterocycles. The Morgan fingerprint density at radius 1 is 1.08 bits per heavy atom. The second kappa shape index (κ2) is 5.95. The molecule has 0 unspecified atom stereocenters. The van der Waals surface area contributed by atoms with Gasteiger partial charge in [0, 0.05) is 24.2 Å². The summed E-state index contributed by atoms with van der Waals surface area (Å²) in [5.41, 5.74) is 6.28. The molecule has 0 amide bonds. The highest BCUT2D eigenvalue weighted by Gasteiger charge is 2.19. The van der Waals surface area contributed by atoms with Crippen molar-refractivity contribution in [1.29, 1.82) is 0 Å². The van der Waals surface area contributed by atoms with Crippen LogP contribution in [-0.2, 0) is 6.42 Å². The molecule has 5 rings (SSSR count). The number of fused-ring (bicyclic) bond motifs is 2. The van der Waals surface area contributed by atoms with Crippen LogP contribution in [0.15, 0.2) is 35.6 Å². The van der Waals surface area contributed by atoms with Gasteiger partial charge in [0.25, 0.3) is 0 Å². The summed E-state index contributed by atoms with van der Waals surface area (Å²) in [6.07, 6.45) is 11.2. The van der Waals surface area contributed by atoms with Crippen LogP contribution >= 0.6 is 11.6 Å². The van der Waals surface area contributed by atoms with E-state index in [2.05, 4.69) is 37.7 Å². The number of halogens is 1. The lowest BCUT2D eigenvalue weighted by atomic mass is 9.95. The van der Waals surface area contributed by atoms with Gasteiger partial charge in [-0.2, -0.15) is 0 Å². The van der Waals surface area contributed by atoms with Gasteiger partial charge in [0.2, 0.25) is 0 Å². The first kappa shape index (κ1) is 15.1. The Labute approximate surface area is 151 Å². The summed E-state index contributed by atoms with van der Waals surface area (Å²) in [5, 5.41) is 0.520. The lowest BCUT2D eigenvalue weighted by molar-refractivity contribution is 0.359. The smallest absolute Gasteiger partial charge is 0.130 e. The van der Waals surface area contributed by atoms with E-state index in [0.717, 1.165) is 34.4 Å².